The molecule has 0 amide bonds. The zero-order chi connectivity index (χ0) is 13.0. The normalized spacial score (nSPS) is 17.9. The average Bonchev–Trinajstić information content (AvgIpc) is 2.89. The lowest BCUT2D eigenvalue weighted by molar-refractivity contribution is -0.0377. The molecule has 1 aliphatic rings. The van der Waals surface area contributed by atoms with E-state index in [1.54, 1.807) is 7.11 Å². The predicted octanol–water partition coefficient (Wildman–Crippen LogP) is 3.98. The van der Waals surface area contributed by atoms with Gasteiger partial charge in [0, 0.05) is 0 Å². The van der Waals surface area contributed by atoms with Crippen molar-refractivity contribution in [2.24, 2.45) is 0 Å². The highest BCUT2D eigenvalue weighted by Crippen LogP contribution is 2.28. The summed E-state index contributed by atoms with van der Waals surface area (Å²) in [5.41, 5.74) is 4.33. The van der Waals surface area contributed by atoms with Crippen molar-refractivity contribution in [2.45, 2.75) is 44.8 Å². The molecule has 100 valence electrons. The first-order valence-corrected chi connectivity index (χ1v) is 7.24. The van der Waals surface area contributed by atoms with E-state index >= 15 is 0 Å². The van der Waals surface area contributed by atoms with E-state index in [1.807, 2.05) is 6.07 Å². The van der Waals surface area contributed by atoms with Gasteiger partial charge in [-0.1, -0.05) is 18.9 Å². The van der Waals surface area contributed by atoms with Crippen LogP contribution in [0, 0.1) is 0 Å². The summed E-state index contributed by atoms with van der Waals surface area (Å²) < 4.78 is 6.19. The third-order valence-electron chi connectivity index (χ3n) is 3.39. The smallest absolute Gasteiger partial charge is 0.133 e. The molecule has 18 heavy (non-hydrogen) atoms. The molecule has 0 saturated heterocycles. The maximum Gasteiger partial charge on any atom is 0.133 e. The molecule has 2 rings (SSSR count). The molecule has 0 radical (unpaired) electrons. The Labute approximate surface area is 117 Å². The Morgan fingerprint density at radius 3 is 2.67 bits per heavy atom. The van der Waals surface area contributed by atoms with Crippen molar-refractivity contribution in [3.05, 3.63) is 28.2 Å². The third kappa shape index (κ3) is 3.46. The van der Waals surface area contributed by atoms with Crippen LogP contribution in [0.4, 0.5) is 0 Å². The Morgan fingerprint density at radius 1 is 1.33 bits per heavy atom. The molecule has 1 N–H and O–H groups in total. The fourth-order valence-corrected chi connectivity index (χ4v) is 2.78. The number of methoxy groups -OCH3 is 1. The second-order valence-electron chi connectivity index (χ2n) is 4.76. The predicted molar refractivity (Wildman–Crippen MR) is 75.6 cm³/mol. The highest BCUT2D eigenvalue weighted by Gasteiger charge is 2.17. The number of hydrogen-bond acceptors (Lipinski definition) is 3. The van der Waals surface area contributed by atoms with Gasteiger partial charge < -0.3 is 4.74 Å². The monoisotopic (exact) mass is 313 g/mol. The van der Waals surface area contributed by atoms with Crippen LogP contribution in [0.5, 0.6) is 5.75 Å². The summed E-state index contributed by atoms with van der Waals surface area (Å²) in [6, 6.07) is 6.26. The van der Waals surface area contributed by atoms with E-state index in [-0.39, 0.29) is 6.04 Å². The van der Waals surface area contributed by atoms with Gasteiger partial charge in [-0.25, -0.2) is 0 Å². The second-order valence-corrected chi connectivity index (χ2v) is 5.61. The molecular formula is C14H20BrNO2. The van der Waals surface area contributed by atoms with E-state index in [0.717, 1.165) is 10.2 Å². The van der Waals surface area contributed by atoms with Crippen LogP contribution >= 0.6 is 15.9 Å². The molecule has 1 saturated carbocycles. The summed E-state index contributed by atoms with van der Waals surface area (Å²) in [6.07, 6.45) is 5.30. The summed E-state index contributed by atoms with van der Waals surface area (Å²) in [7, 11) is 1.67. The van der Waals surface area contributed by atoms with Crippen molar-refractivity contribution in [2.75, 3.05) is 7.11 Å². The van der Waals surface area contributed by atoms with Crippen LogP contribution < -0.4 is 10.2 Å². The van der Waals surface area contributed by atoms with Gasteiger partial charge in [-0.05, 0) is 53.4 Å². The zero-order valence-corrected chi connectivity index (χ0v) is 12.5. The molecule has 0 spiro atoms. The van der Waals surface area contributed by atoms with Gasteiger partial charge in [-0.3, -0.25) is 4.84 Å². The molecule has 1 aromatic carbocycles. The first-order valence-electron chi connectivity index (χ1n) is 6.45. The van der Waals surface area contributed by atoms with Gasteiger partial charge in [0.15, 0.2) is 0 Å². The maximum atomic E-state index is 5.72. The first-order chi connectivity index (χ1) is 8.70. The number of hydroxylamine groups is 1. The van der Waals surface area contributed by atoms with E-state index in [9.17, 15) is 0 Å². The number of halogens is 1. The van der Waals surface area contributed by atoms with E-state index in [2.05, 4.69) is 40.5 Å². The van der Waals surface area contributed by atoms with E-state index in [1.165, 1.54) is 31.2 Å². The molecule has 3 nitrogen and oxygen atoms in total. The van der Waals surface area contributed by atoms with Crippen molar-refractivity contribution in [3.63, 3.8) is 0 Å². The van der Waals surface area contributed by atoms with Crippen LogP contribution in [0.15, 0.2) is 22.7 Å². The second kappa shape index (κ2) is 6.55. The minimum atomic E-state index is 0.174. The van der Waals surface area contributed by atoms with Gasteiger partial charge >= 0.3 is 0 Å². The van der Waals surface area contributed by atoms with Gasteiger partial charge in [0.05, 0.1) is 23.7 Å². The molecule has 0 bridgehead atoms. The van der Waals surface area contributed by atoms with Crippen LogP contribution in [0.2, 0.25) is 0 Å². The topological polar surface area (TPSA) is 30.5 Å². The van der Waals surface area contributed by atoms with Gasteiger partial charge in [-0.15, -0.1) is 0 Å². The molecule has 0 aromatic heterocycles. The first kappa shape index (κ1) is 13.8. The van der Waals surface area contributed by atoms with Gasteiger partial charge in [0.25, 0.3) is 0 Å². The van der Waals surface area contributed by atoms with E-state index in [0.29, 0.717) is 6.10 Å². The fourth-order valence-electron chi connectivity index (χ4n) is 2.22. The average molecular weight is 314 g/mol. The van der Waals surface area contributed by atoms with E-state index < -0.39 is 0 Å². The zero-order valence-electron chi connectivity index (χ0n) is 10.9. The van der Waals surface area contributed by atoms with Crippen molar-refractivity contribution in [1.82, 2.24) is 5.48 Å². The largest absolute Gasteiger partial charge is 0.496 e. The Bertz CT molecular complexity index is 391. The molecule has 1 aliphatic carbocycles. The number of nitrogens with one attached hydrogen (secondary N) is 1. The number of hydrogen-bond donors (Lipinski definition) is 1. The highest BCUT2D eigenvalue weighted by molar-refractivity contribution is 9.10. The molecule has 1 aromatic rings. The standard InChI is InChI=1S/C14H20BrNO2/c1-10(16-18-12-5-3-4-6-12)11-7-8-14(17-2)13(15)9-11/h7-10,12,16H,3-6H2,1-2H3. The molecular weight excluding hydrogens is 294 g/mol. The van der Waals surface area contributed by atoms with Crippen LogP contribution in [0.25, 0.3) is 0 Å². The number of benzene rings is 1. The van der Waals surface area contributed by atoms with Crippen molar-refractivity contribution in [3.8, 4) is 5.75 Å². The van der Waals surface area contributed by atoms with E-state index in [4.69, 9.17) is 9.57 Å². The fraction of sp³-hybridized carbons (Fsp3) is 0.571. The summed E-state index contributed by atoms with van der Waals surface area (Å²) >= 11 is 3.50. The number of rotatable bonds is 5. The van der Waals surface area contributed by atoms with Crippen LogP contribution in [0.3, 0.4) is 0 Å². The molecule has 1 fully saturated rings. The Hall–Kier alpha value is -0.580. The summed E-state index contributed by atoms with van der Waals surface area (Å²) in [5, 5.41) is 0. The van der Waals surface area contributed by atoms with Crippen LogP contribution in [-0.4, -0.2) is 13.2 Å². The van der Waals surface area contributed by atoms with Gasteiger partial charge in [0.2, 0.25) is 0 Å². The maximum absolute atomic E-state index is 5.72. The summed E-state index contributed by atoms with van der Waals surface area (Å²) in [6.45, 7) is 2.10. The molecule has 4 heteroatoms. The SMILES string of the molecule is COc1ccc(C(C)NOC2CCCC2)cc1Br. The minimum absolute atomic E-state index is 0.174. The molecule has 1 atom stereocenters. The quantitative estimate of drug-likeness (QED) is 0.834. The summed E-state index contributed by atoms with van der Waals surface area (Å²) in [5.74, 6) is 0.850. The Kier molecular flexibility index (Phi) is 5.03. The lowest BCUT2D eigenvalue weighted by Crippen LogP contribution is -2.24. The van der Waals surface area contributed by atoms with Crippen LogP contribution in [-0.2, 0) is 4.84 Å². The molecule has 0 aliphatic heterocycles. The highest BCUT2D eigenvalue weighted by atomic mass is 79.9. The summed E-state index contributed by atoms with van der Waals surface area (Å²) in [4.78, 5) is 5.72. The van der Waals surface area contributed by atoms with Gasteiger partial charge in [0.1, 0.15) is 5.75 Å². The molecule has 0 heterocycles. The lowest BCUT2D eigenvalue weighted by Gasteiger charge is -2.18. The minimum Gasteiger partial charge on any atom is -0.496 e. The van der Waals surface area contributed by atoms with Crippen molar-refractivity contribution in [1.29, 1.82) is 0 Å². The third-order valence-corrected chi connectivity index (χ3v) is 4.01. The molecule has 1 unspecified atom stereocenters. The van der Waals surface area contributed by atoms with Crippen molar-refractivity contribution < 1.29 is 9.57 Å². The number of ether oxygens (including phenoxy) is 1. The van der Waals surface area contributed by atoms with Crippen LogP contribution in [0.1, 0.15) is 44.2 Å². The van der Waals surface area contributed by atoms with Crippen molar-refractivity contribution >= 4 is 15.9 Å². The van der Waals surface area contributed by atoms with Gasteiger partial charge in [-0.2, -0.15) is 5.48 Å². The lowest BCUT2D eigenvalue weighted by atomic mass is 10.1. The Balaban J connectivity index is 1.91. The Morgan fingerprint density at radius 2 is 2.06 bits per heavy atom.